The molecule has 1 heterocycles. The topological polar surface area (TPSA) is 70.4 Å². The quantitative estimate of drug-likeness (QED) is 0.254. The summed E-state index contributed by atoms with van der Waals surface area (Å²) in [5, 5.41) is 1.10. The van der Waals surface area contributed by atoms with Crippen LogP contribution in [0.1, 0.15) is 15.9 Å². The standard InChI is InChI=1S/C24H20N2O4S/c1-29-21-10-6-5-9-20(21)26-22(27)18-7-3-4-8-19(18)25-24(26)31-15-16-11-13-17(14-12-16)23(28)30-2/h3-14H,15H2,1-2H3. The van der Waals surface area contributed by atoms with Crippen LogP contribution < -0.4 is 10.3 Å². The maximum atomic E-state index is 13.4. The lowest BCUT2D eigenvalue weighted by Crippen LogP contribution is -2.22. The minimum Gasteiger partial charge on any atom is -0.495 e. The molecule has 0 spiro atoms. The highest BCUT2D eigenvalue weighted by molar-refractivity contribution is 7.98. The number of thioether (sulfide) groups is 1. The molecule has 0 saturated heterocycles. The first-order valence-corrected chi connectivity index (χ1v) is 10.6. The van der Waals surface area contributed by atoms with Crippen LogP contribution in [0.2, 0.25) is 0 Å². The van der Waals surface area contributed by atoms with E-state index in [1.54, 1.807) is 29.9 Å². The monoisotopic (exact) mass is 432 g/mol. The molecule has 31 heavy (non-hydrogen) atoms. The Hall–Kier alpha value is -3.58. The van der Waals surface area contributed by atoms with Crippen molar-refractivity contribution in [2.75, 3.05) is 14.2 Å². The van der Waals surface area contributed by atoms with Crippen molar-refractivity contribution in [2.24, 2.45) is 0 Å². The van der Waals surface area contributed by atoms with Crippen LogP contribution in [0.25, 0.3) is 16.6 Å². The van der Waals surface area contributed by atoms with Gasteiger partial charge in [-0.3, -0.25) is 9.36 Å². The van der Waals surface area contributed by atoms with Crippen molar-refractivity contribution in [3.63, 3.8) is 0 Å². The zero-order valence-corrected chi connectivity index (χ0v) is 17.9. The molecule has 0 amide bonds. The van der Waals surface area contributed by atoms with E-state index < -0.39 is 0 Å². The van der Waals surface area contributed by atoms with Gasteiger partial charge in [-0.1, -0.05) is 48.2 Å². The maximum absolute atomic E-state index is 13.4. The van der Waals surface area contributed by atoms with Crippen LogP contribution in [0.3, 0.4) is 0 Å². The van der Waals surface area contributed by atoms with Crippen LogP contribution in [-0.4, -0.2) is 29.7 Å². The number of hydrogen-bond acceptors (Lipinski definition) is 6. The molecule has 0 aliphatic rings. The van der Waals surface area contributed by atoms with Crippen LogP contribution >= 0.6 is 11.8 Å². The highest BCUT2D eigenvalue weighted by Gasteiger charge is 2.16. The second kappa shape index (κ2) is 9.06. The summed E-state index contributed by atoms with van der Waals surface area (Å²) >= 11 is 1.44. The molecule has 1 aromatic heterocycles. The summed E-state index contributed by atoms with van der Waals surface area (Å²) in [7, 11) is 2.93. The lowest BCUT2D eigenvalue weighted by Gasteiger charge is -2.15. The van der Waals surface area contributed by atoms with Gasteiger partial charge in [0.25, 0.3) is 5.56 Å². The summed E-state index contributed by atoms with van der Waals surface area (Å²) in [6, 6.07) is 21.9. The zero-order chi connectivity index (χ0) is 21.8. The molecule has 3 aromatic carbocycles. The number of para-hydroxylation sites is 3. The summed E-state index contributed by atoms with van der Waals surface area (Å²) in [5.74, 6) is 0.785. The Labute approximate surface area is 183 Å². The molecule has 0 unspecified atom stereocenters. The van der Waals surface area contributed by atoms with Crippen molar-refractivity contribution in [3.05, 3.63) is 94.3 Å². The Morgan fingerprint density at radius 3 is 2.42 bits per heavy atom. The molecule has 0 saturated carbocycles. The van der Waals surface area contributed by atoms with Crippen molar-refractivity contribution in [2.45, 2.75) is 10.9 Å². The molecule has 4 aromatic rings. The van der Waals surface area contributed by atoms with Gasteiger partial charge in [0.05, 0.1) is 36.4 Å². The maximum Gasteiger partial charge on any atom is 0.337 e. The van der Waals surface area contributed by atoms with Gasteiger partial charge in [0.2, 0.25) is 0 Å². The van der Waals surface area contributed by atoms with Crippen molar-refractivity contribution < 1.29 is 14.3 Å². The summed E-state index contributed by atoms with van der Waals surface area (Å²) in [5.41, 5.74) is 2.61. The fraction of sp³-hybridized carbons (Fsp3) is 0.125. The molecule has 7 heteroatoms. The number of rotatable bonds is 6. The van der Waals surface area contributed by atoms with Crippen LogP contribution in [0.4, 0.5) is 0 Å². The fourth-order valence-electron chi connectivity index (χ4n) is 3.24. The second-order valence-corrected chi connectivity index (χ2v) is 7.64. The molecule has 0 bridgehead atoms. The third kappa shape index (κ3) is 4.18. The van der Waals surface area contributed by atoms with Crippen LogP contribution in [0, 0.1) is 0 Å². The lowest BCUT2D eigenvalue weighted by atomic mass is 10.1. The Balaban J connectivity index is 1.76. The molecule has 6 nitrogen and oxygen atoms in total. The van der Waals surface area contributed by atoms with Gasteiger partial charge in [-0.05, 0) is 42.0 Å². The number of esters is 1. The molecule has 156 valence electrons. The molecule has 0 radical (unpaired) electrons. The van der Waals surface area contributed by atoms with Gasteiger partial charge in [-0.25, -0.2) is 9.78 Å². The first-order chi connectivity index (χ1) is 15.1. The average molecular weight is 433 g/mol. The minimum absolute atomic E-state index is 0.154. The second-order valence-electron chi connectivity index (χ2n) is 6.70. The molecule has 0 N–H and O–H groups in total. The van der Waals surface area contributed by atoms with Crippen molar-refractivity contribution in [1.82, 2.24) is 9.55 Å². The van der Waals surface area contributed by atoms with E-state index in [4.69, 9.17) is 14.5 Å². The van der Waals surface area contributed by atoms with E-state index in [1.165, 1.54) is 18.9 Å². The number of carbonyl (C=O) groups is 1. The molecule has 4 rings (SSSR count). The summed E-state index contributed by atoms with van der Waals surface area (Å²) in [4.78, 5) is 29.8. The Morgan fingerprint density at radius 2 is 1.68 bits per heavy atom. The number of hydrogen-bond donors (Lipinski definition) is 0. The predicted molar refractivity (Wildman–Crippen MR) is 121 cm³/mol. The van der Waals surface area contributed by atoms with E-state index in [2.05, 4.69) is 0 Å². The number of aromatic nitrogens is 2. The average Bonchev–Trinajstić information content (AvgIpc) is 2.82. The minimum atomic E-state index is -0.375. The number of nitrogens with zero attached hydrogens (tertiary/aromatic N) is 2. The first kappa shape index (κ1) is 20.7. The van der Waals surface area contributed by atoms with Gasteiger partial charge in [0.15, 0.2) is 5.16 Å². The highest BCUT2D eigenvalue weighted by atomic mass is 32.2. The first-order valence-electron chi connectivity index (χ1n) is 9.57. The fourth-order valence-corrected chi connectivity index (χ4v) is 4.20. The molecular weight excluding hydrogens is 412 g/mol. The summed E-state index contributed by atoms with van der Waals surface area (Å²) < 4.78 is 11.8. The number of carbonyl (C=O) groups excluding carboxylic acids is 1. The Kier molecular flexibility index (Phi) is 6.04. The van der Waals surface area contributed by atoms with Gasteiger partial charge in [-0.2, -0.15) is 0 Å². The Bertz CT molecular complexity index is 1300. The van der Waals surface area contributed by atoms with E-state index >= 15 is 0 Å². The molecular formula is C24H20N2O4S. The number of methoxy groups -OCH3 is 2. The normalized spacial score (nSPS) is 10.8. The zero-order valence-electron chi connectivity index (χ0n) is 17.1. The summed E-state index contributed by atoms with van der Waals surface area (Å²) in [6.45, 7) is 0. The van der Waals surface area contributed by atoms with Crippen molar-refractivity contribution in [1.29, 1.82) is 0 Å². The van der Waals surface area contributed by atoms with Gasteiger partial charge >= 0.3 is 5.97 Å². The van der Waals surface area contributed by atoms with E-state index in [0.29, 0.717) is 38.8 Å². The number of ether oxygens (including phenoxy) is 2. The van der Waals surface area contributed by atoms with E-state index in [1.807, 2.05) is 54.6 Å². The number of fused-ring (bicyclic) bond motifs is 1. The van der Waals surface area contributed by atoms with E-state index in [9.17, 15) is 9.59 Å². The van der Waals surface area contributed by atoms with Gasteiger partial charge in [0.1, 0.15) is 5.75 Å². The largest absolute Gasteiger partial charge is 0.495 e. The van der Waals surface area contributed by atoms with E-state index in [-0.39, 0.29) is 11.5 Å². The van der Waals surface area contributed by atoms with E-state index in [0.717, 1.165) is 5.56 Å². The smallest absolute Gasteiger partial charge is 0.337 e. The van der Waals surface area contributed by atoms with Crippen molar-refractivity contribution in [3.8, 4) is 11.4 Å². The number of benzene rings is 3. The van der Waals surface area contributed by atoms with Gasteiger partial charge in [0, 0.05) is 5.75 Å². The van der Waals surface area contributed by atoms with Crippen LogP contribution in [-0.2, 0) is 10.5 Å². The molecule has 0 atom stereocenters. The predicted octanol–water partition coefficient (Wildman–Crippen LogP) is 4.47. The molecule has 0 fully saturated rings. The third-order valence-electron chi connectivity index (χ3n) is 4.81. The lowest BCUT2D eigenvalue weighted by molar-refractivity contribution is 0.0600. The SMILES string of the molecule is COC(=O)c1ccc(CSc2nc3ccccc3c(=O)n2-c2ccccc2OC)cc1. The van der Waals surface area contributed by atoms with Crippen LogP contribution in [0.5, 0.6) is 5.75 Å². The Morgan fingerprint density at radius 1 is 0.968 bits per heavy atom. The molecule has 0 aliphatic heterocycles. The van der Waals surface area contributed by atoms with Gasteiger partial charge < -0.3 is 9.47 Å². The molecule has 0 aliphatic carbocycles. The van der Waals surface area contributed by atoms with Crippen molar-refractivity contribution >= 4 is 28.6 Å². The van der Waals surface area contributed by atoms with Gasteiger partial charge in [-0.15, -0.1) is 0 Å². The summed E-state index contributed by atoms with van der Waals surface area (Å²) in [6.07, 6.45) is 0. The third-order valence-corrected chi connectivity index (χ3v) is 5.82. The highest BCUT2D eigenvalue weighted by Crippen LogP contribution is 2.28. The van der Waals surface area contributed by atoms with Crippen LogP contribution in [0.15, 0.2) is 82.7 Å².